The Kier molecular flexibility index (Phi) is 4.74. The molecule has 1 aliphatic heterocycles. The molecular formula is C20H21F3N4O. The van der Waals surface area contributed by atoms with Crippen LogP contribution in [0.3, 0.4) is 0 Å². The third-order valence-corrected chi connectivity index (χ3v) is 5.36. The van der Waals surface area contributed by atoms with Crippen molar-refractivity contribution in [2.45, 2.75) is 31.4 Å². The first-order valence-electron chi connectivity index (χ1n) is 9.18. The summed E-state index contributed by atoms with van der Waals surface area (Å²) in [5.41, 5.74) is 1.31. The minimum atomic E-state index is -4.36. The Labute approximate surface area is 160 Å². The highest BCUT2D eigenvalue weighted by Crippen LogP contribution is 2.38. The zero-order valence-electron chi connectivity index (χ0n) is 15.5. The zero-order chi connectivity index (χ0) is 19.8. The van der Waals surface area contributed by atoms with Crippen molar-refractivity contribution in [3.8, 4) is 0 Å². The number of nitrogens with zero attached hydrogens (tertiary/aromatic N) is 3. The lowest BCUT2D eigenvalue weighted by molar-refractivity contribution is -0.137. The number of alkyl halides is 3. The molecular weight excluding hydrogens is 369 g/mol. The van der Waals surface area contributed by atoms with Gasteiger partial charge in [-0.2, -0.15) is 18.3 Å². The molecule has 1 N–H and O–H groups in total. The molecule has 1 fully saturated rings. The number of anilines is 1. The molecule has 2 aromatic heterocycles. The molecule has 3 aromatic rings. The summed E-state index contributed by atoms with van der Waals surface area (Å²) < 4.78 is 46.9. The van der Waals surface area contributed by atoms with Crippen molar-refractivity contribution in [1.29, 1.82) is 0 Å². The highest BCUT2D eigenvalue weighted by Gasteiger charge is 2.37. The molecule has 0 bridgehead atoms. The van der Waals surface area contributed by atoms with E-state index in [0.29, 0.717) is 44.0 Å². The first-order chi connectivity index (χ1) is 13.4. The molecule has 0 radical (unpaired) electrons. The number of aromatic nitrogens is 3. The van der Waals surface area contributed by atoms with Crippen LogP contribution in [0.4, 0.5) is 19.0 Å². The number of ether oxygens (including phenoxy) is 1. The number of nitrogens with one attached hydrogen (secondary N) is 1. The fourth-order valence-electron chi connectivity index (χ4n) is 3.79. The van der Waals surface area contributed by atoms with Crippen LogP contribution in [0.5, 0.6) is 0 Å². The van der Waals surface area contributed by atoms with Crippen LogP contribution in [-0.2, 0) is 16.3 Å². The van der Waals surface area contributed by atoms with E-state index < -0.39 is 17.2 Å². The monoisotopic (exact) mass is 390 g/mol. The fraction of sp³-hybridized carbons (Fsp3) is 0.400. The van der Waals surface area contributed by atoms with Crippen LogP contribution < -0.4 is 5.32 Å². The van der Waals surface area contributed by atoms with Gasteiger partial charge in [0.05, 0.1) is 11.3 Å². The number of aryl methyl sites for hydroxylation is 1. The Bertz CT molecular complexity index is 977. The molecule has 1 aromatic carbocycles. The van der Waals surface area contributed by atoms with E-state index in [4.69, 9.17) is 4.74 Å². The van der Waals surface area contributed by atoms with Gasteiger partial charge < -0.3 is 10.1 Å². The van der Waals surface area contributed by atoms with Crippen LogP contribution in [0.1, 0.15) is 29.7 Å². The van der Waals surface area contributed by atoms with Crippen molar-refractivity contribution in [1.82, 2.24) is 14.6 Å². The summed E-state index contributed by atoms with van der Waals surface area (Å²) in [6, 6.07) is 7.56. The van der Waals surface area contributed by atoms with Gasteiger partial charge in [-0.05, 0) is 37.5 Å². The van der Waals surface area contributed by atoms with Gasteiger partial charge in [0.15, 0.2) is 5.82 Å². The molecule has 3 heterocycles. The largest absolute Gasteiger partial charge is 0.416 e. The number of rotatable bonds is 4. The van der Waals surface area contributed by atoms with Gasteiger partial charge in [0.1, 0.15) is 5.52 Å². The Balaban J connectivity index is 1.66. The summed E-state index contributed by atoms with van der Waals surface area (Å²) in [4.78, 5) is 4.40. The lowest BCUT2D eigenvalue weighted by Crippen LogP contribution is -2.40. The smallest absolute Gasteiger partial charge is 0.381 e. The number of fused-ring (bicyclic) bond motifs is 1. The molecule has 0 amide bonds. The zero-order valence-corrected chi connectivity index (χ0v) is 15.5. The molecule has 28 heavy (non-hydrogen) atoms. The van der Waals surface area contributed by atoms with Gasteiger partial charge in [0.2, 0.25) is 0 Å². The average Bonchev–Trinajstić information content (AvgIpc) is 3.07. The van der Waals surface area contributed by atoms with E-state index in [1.165, 1.54) is 12.1 Å². The van der Waals surface area contributed by atoms with E-state index in [1.807, 2.05) is 13.0 Å². The second-order valence-corrected chi connectivity index (χ2v) is 7.22. The first kappa shape index (κ1) is 18.7. The van der Waals surface area contributed by atoms with Crippen LogP contribution in [0.2, 0.25) is 0 Å². The summed E-state index contributed by atoms with van der Waals surface area (Å²) in [7, 11) is 0. The van der Waals surface area contributed by atoms with Crippen LogP contribution >= 0.6 is 0 Å². The second-order valence-electron chi connectivity index (χ2n) is 7.22. The van der Waals surface area contributed by atoms with Crippen molar-refractivity contribution in [2.75, 3.05) is 25.1 Å². The second kappa shape index (κ2) is 7.09. The average molecular weight is 390 g/mol. The molecule has 0 unspecified atom stereocenters. The molecule has 1 saturated heterocycles. The predicted molar refractivity (Wildman–Crippen MR) is 99.4 cm³/mol. The SMILES string of the molecule is Cc1cc2c(NCC3(c4cccc(C(F)(F)F)c4)CCOCC3)nccn2n1. The molecule has 0 saturated carbocycles. The number of halogens is 3. The van der Waals surface area contributed by atoms with Gasteiger partial charge >= 0.3 is 6.18 Å². The van der Waals surface area contributed by atoms with Gasteiger partial charge in [-0.15, -0.1) is 0 Å². The van der Waals surface area contributed by atoms with Crippen molar-refractivity contribution in [2.24, 2.45) is 0 Å². The minimum Gasteiger partial charge on any atom is -0.381 e. The fourth-order valence-corrected chi connectivity index (χ4v) is 3.79. The maximum absolute atomic E-state index is 13.2. The Morgan fingerprint density at radius 2 is 2.00 bits per heavy atom. The summed E-state index contributed by atoms with van der Waals surface area (Å²) in [5.74, 6) is 0.668. The van der Waals surface area contributed by atoms with Crippen LogP contribution in [0.15, 0.2) is 42.7 Å². The minimum absolute atomic E-state index is 0.455. The molecule has 1 aliphatic rings. The van der Waals surface area contributed by atoms with Gasteiger partial charge in [-0.1, -0.05) is 18.2 Å². The summed E-state index contributed by atoms with van der Waals surface area (Å²) in [6.45, 7) is 3.40. The molecule has 148 valence electrons. The molecule has 4 rings (SSSR count). The van der Waals surface area contributed by atoms with E-state index in [9.17, 15) is 13.2 Å². The number of benzene rings is 1. The van der Waals surface area contributed by atoms with Crippen molar-refractivity contribution < 1.29 is 17.9 Å². The van der Waals surface area contributed by atoms with Crippen molar-refractivity contribution >= 4 is 11.3 Å². The number of hydrogen-bond donors (Lipinski definition) is 1. The van der Waals surface area contributed by atoms with Crippen molar-refractivity contribution in [3.63, 3.8) is 0 Å². The topological polar surface area (TPSA) is 51.5 Å². The van der Waals surface area contributed by atoms with E-state index in [0.717, 1.165) is 17.3 Å². The third-order valence-electron chi connectivity index (χ3n) is 5.36. The maximum Gasteiger partial charge on any atom is 0.416 e. The standard InChI is InChI=1S/C20H21F3N4O/c1-14-11-17-18(24-7-8-27(17)26-14)25-13-19(5-9-28-10-6-19)15-3-2-4-16(12-15)20(21,22)23/h2-4,7-8,11-12H,5-6,9-10,13H2,1H3,(H,24,25). The van der Waals surface area contributed by atoms with Crippen LogP contribution in [0, 0.1) is 6.92 Å². The molecule has 0 spiro atoms. The Morgan fingerprint density at radius 3 is 2.75 bits per heavy atom. The summed E-state index contributed by atoms with van der Waals surface area (Å²) in [6.07, 6.45) is 0.344. The van der Waals surface area contributed by atoms with E-state index in [1.54, 1.807) is 23.0 Å². The van der Waals surface area contributed by atoms with E-state index >= 15 is 0 Å². The van der Waals surface area contributed by atoms with Crippen LogP contribution in [-0.4, -0.2) is 34.4 Å². The van der Waals surface area contributed by atoms with Gasteiger partial charge in [-0.3, -0.25) is 0 Å². The first-order valence-corrected chi connectivity index (χ1v) is 9.18. The molecule has 0 atom stereocenters. The van der Waals surface area contributed by atoms with Gasteiger partial charge in [0, 0.05) is 37.6 Å². The highest BCUT2D eigenvalue weighted by atomic mass is 19.4. The normalized spacial score (nSPS) is 17.0. The van der Waals surface area contributed by atoms with E-state index in [2.05, 4.69) is 15.4 Å². The van der Waals surface area contributed by atoms with Gasteiger partial charge in [-0.25, -0.2) is 9.50 Å². The maximum atomic E-state index is 13.2. The van der Waals surface area contributed by atoms with Crippen molar-refractivity contribution in [3.05, 3.63) is 59.5 Å². The molecule has 8 heteroatoms. The predicted octanol–water partition coefficient (Wildman–Crippen LogP) is 4.22. The third kappa shape index (κ3) is 3.56. The summed E-state index contributed by atoms with van der Waals surface area (Å²) in [5, 5.41) is 7.73. The molecule has 0 aliphatic carbocycles. The van der Waals surface area contributed by atoms with E-state index in [-0.39, 0.29) is 0 Å². The highest BCUT2D eigenvalue weighted by molar-refractivity contribution is 5.67. The number of hydrogen-bond acceptors (Lipinski definition) is 4. The van der Waals surface area contributed by atoms with Crippen LogP contribution in [0.25, 0.3) is 5.52 Å². The van der Waals surface area contributed by atoms with Gasteiger partial charge in [0.25, 0.3) is 0 Å². The Morgan fingerprint density at radius 1 is 1.21 bits per heavy atom. The molecule has 5 nitrogen and oxygen atoms in total. The lowest BCUT2D eigenvalue weighted by atomic mass is 9.73. The Hall–Kier alpha value is -2.61. The quantitative estimate of drug-likeness (QED) is 0.725. The lowest BCUT2D eigenvalue weighted by Gasteiger charge is -2.38. The summed E-state index contributed by atoms with van der Waals surface area (Å²) >= 11 is 0.